The highest BCUT2D eigenvalue weighted by Crippen LogP contribution is 2.10. The quantitative estimate of drug-likeness (QED) is 0.608. The molecule has 1 aromatic carbocycles. The third-order valence-electron chi connectivity index (χ3n) is 4.03. The number of aliphatic imine (C=N–C) groups is 1. The lowest BCUT2D eigenvalue weighted by atomic mass is 10.1. The molecule has 6 nitrogen and oxygen atoms in total. The van der Waals surface area contributed by atoms with Crippen molar-refractivity contribution < 1.29 is 9.53 Å². The summed E-state index contributed by atoms with van der Waals surface area (Å²) in [5, 5.41) is 6.60. The molecule has 1 aliphatic heterocycles. The van der Waals surface area contributed by atoms with Crippen molar-refractivity contribution >= 4 is 11.9 Å². The molecule has 0 radical (unpaired) electrons. The lowest BCUT2D eigenvalue weighted by Crippen LogP contribution is -2.41. The highest BCUT2D eigenvalue weighted by Gasteiger charge is 2.15. The molecule has 0 saturated carbocycles. The van der Waals surface area contributed by atoms with Crippen molar-refractivity contribution in [2.24, 2.45) is 4.99 Å². The Morgan fingerprint density at radius 2 is 2.21 bits per heavy atom. The lowest BCUT2D eigenvalue weighted by molar-refractivity contribution is 0.0827. The second-order valence-corrected chi connectivity index (χ2v) is 6.16. The smallest absolute Gasteiger partial charge is 0.253 e. The van der Waals surface area contributed by atoms with E-state index in [9.17, 15) is 4.79 Å². The van der Waals surface area contributed by atoms with Gasteiger partial charge in [0.2, 0.25) is 0 Å². The van der Waals surface area contributed by atoms with Crippen molar-refractivity contribution in [2.45, 2.75) is 25.4 Å². The minimum atomic E-state index is 0.0267. The number of guanidine groups is 1. The van der Waals surface area contributed by atoms with Gasteiger partial charge in [-0.3, -0.25) is 9.79 Å². The van der Waals surface area contributed by atoms with Gasteiger partial charge in [-0.2, -0.15) is 0 Å². The zero-order chi connectivity index (χ0) is 17.4. The third kappa shape index (κ3) is 5.53. The van der Waals surface area contributed by atoms with Gasteiger partial charge in [-0.15, -0.1) is 0 Å². The normalized spacial score (nSPS) is 17.6. The molecule has 24 heavy (non-hydrogen) atoms. The zero-order valence-electron chi connectivity index (χ0n) is 14.8. The maximum atomic E-state index is 12.0. The van der Waals surface area contributed by atoms with Gasteiger partial charge in [0.15, 0.2) is 5.96 Å². The van der Waals surface area contributed by atoms with Crippen LogP contribution in [0.1, 0.15) is 28.8 Å². The Balaban J connectivity index is 1.77. The summed E-state index contributed by atoms with van der Waals surface area (Å²) < 4.78 is 5.60. The van der Waals surface area contributed by atoms with Gasteiger partial charge in [0.1, 0.15) is 0 Å². The molecule has 1 heterocycles. The van der Waals surface area contributed by atoms with Crippen molar-refractivity contribution in [3.05, 3.63) is 35.4 Å². The summed E-state index contributed by atoms with van der Waals surface area (Å²) in [6.45, 7) is 2.40. The predicted molar refractivity (Wildman–Crippen MR) is 96.5 cm³/mol. The number of benzene rings is 1. The number of hydrogen-bond acceptors (Lipinski definition) is 3. The first kappa shape index (κ1) is 18.3. The first-order valence-electron chi connectivity index (χ1n) is 8.47. The summed E-state index contributed by atoms with van der Waals surface area (Å²) in [4.78, 5) is 17.8. The van der Waals surface area contributed by atoms with Crippen LogP contribution in [-0.2, 0) is 11.2 Å². The van der Waals surface area contributed by atoms with Crippen molar-refractivity contribution in [1.29, 1.82) is 0 Å². The summed E-state index contributed by atoms with van der Waals surface area (Å²) in [7, 11) is 5.29. The molecule has 1 aromatic rings. The molecule has 0 aromatic heterocycles. The van der Waals surface area contributed by atoms with Crippen molar-refractivity contribution in [3.8, 4) is 0 Å². The molecule has 6 heteroatoms. The minimum Gasteiger partial charge on any atom is -0.376 e. The van der Waals surface area contributed by atoms with E-state index in [0.29, 0.717) is 0 Å². The van der Waals surface area contributed by atoms with Crippen molar-refractivity contribution in [2.75, 3.05) is 40.8 Å². The number of hydrogen-bond donors (Lipinski definition) is 2. The van der Waals surface area contributed by atoms with Crippen LogP contribution in [0.5, 0.6) is 0 Å². The van der Waals surface area contributed by atoms with Crippen LogP contribution in [-0.4, -0.2) is 63.7 Å². The van der Waals surface area contributed by atoms with E-state index < -0.39 is 0 Å². The molecule has 1 amide bonds. The molecule has 2 rings (SSSR count). The summed E-state index contributed by atoms with van der Waals surface area (Å²) in [5.74, 6) is 0.810. The molecular formula is C18H28N4O2. The number of carbonyl (C=O) groups is 1. The SMILES string of the molecule is CN=C(NCCc1cccc(C(=O)N(C)C)c1)NCC1CCCO1. The van der Waals surface area contributed by atoms with E-state index in [1.165, 1.54) is 0 Å². The summed E-state index contributed by atoms with van der Waals surface area (Å²) in [6, 6.07) is 7.77. The molecule has 0 aliphatic carbocycles. The van der Waals surface area contributed by atoms with Gasteiger partial charge in [0.05, 0.1) is 6.10 Å². The molecule has 0 bridgehead atoms. The molecular weight excluding hydrogens is 304 g/mol. The number of nitrogens with zero attached hydrogens (tertiary/aromatic N) is 2. The number of nitrogens with one attached hydrogen (secondary N) is 2. The van der Waals surface area contributed by atoms with Crippen LogP contribution in [0.15, 0.2) is 29.3 Å². The van der Waals surface area contributed by atoms with Crippen LogP contribution in [0, 0.1) is 0 Å². The van der Waals surface area contributed by atoms with Gasteiger partial charge in [0, 0.05) is 46.4 Å². The zero-order valence-corrected chi connectivity index (χ0v) is 14.8. The Morgan fingerprint density at radius 1 is 1.38 bits per heavy atom. The van der Waals surface area contributed by atoms with Gasteiger partial charge >= 0.3 is 0 Å². The molecule has 1 atom stereocenters. The first-order valence-corrected chi connectivity index (χ1v) is 8.47. The third-order valence-corrected chi connectivity index (χ3v) is 4.03. The standard InChI is InChI=1S/C18H28N4O2/c1-19-18(21-13-16-8-5-11-24-16)20-10-9-14-6-4-7-15(12-14)17(23)22(2)3/h4,6-7,12,16H,5,8-11,13H2,1-3H3,(H2,19,20,21). The Morgan fingerprint density at radius 3 is 2.88 bits per heavy atom. The van der Waals surface area contributed by atoms with E-state index in [4.69, 9.17) is 4.74 Å². The van der Waals surface area contributed by atoms with Gasteiger partial charge in [0.25, 0.3) is 5.91 Å². The van der Waals surface area contributed by atoms with Crippen molar-refractivity contribution in [3.63, 3.8) is 0 Å². The fourth-order valence-corrected chi connectivity index (χ4v) is 2.68. The molecule has 1 aliphatic rings. The second-order valence-electron chi connectivity index (χ2n) is 6.16. The molecule has 1 saturated heterocycles. The average Bonchev–Trinajstić information content (AvgIpc) is 3.11. The average molecular weight is 332 g/mol. The highest BCUT2D eigenvalue weighted by molar-refractivity contribution is 5.94. The monoisotopic (exact) mass is 332 g/mol. The molecule has 0 spiro atoms. The van der Waals surface area contributed by atoms with E-state index in [0.717, 1.165) is 56.0 Å². The van der Waals surface area contributed by atoms with Gasteiger partial charge < -0.3 is 20.3 Å². The van der Waals surface area contributed by atoms with Crippen LogP contribution < -0.4 is 10.6 Å². The van der Waals surface area contributed by atoms with Crippen molar-refractivity contribution in [1.82, 2.24) is 15.5 Å². The molecule has 1 unspecified atom stereocenters. The number of carbonyl (C=O) groups excluding carboxylic acids is 1. The summed E-state index contributed by atoms with van der Waals surface area (Å²) >= 11 is 0. The fraction of sp³-hybridized carbons (Fsp3) is 0.556. The van der Waals surface area contributed by atoms with Crippen LogP contribution in [0.3, 0.4) is 0 Å². The molecule has 1 fully saturated rings. The predicted octanol–water partition coefficient (Wildman–Crippen LogP) is 1.27. The fourth-order valence-electron chi connectivity index (χ4n) is 2.68. The van der Waals surface area contributed by atoms with E-state index in [1.807, 2.05) is 24.3 Å². The lowest BCUT2D eigenvalue weighted by Gasteiger charge is -2.15. The Labute approximate surface area is 144 Å². The van der Waals surface area contributed by atoms with Crippen LogP contribution >= 0.6 is 0 Å². The van der Waals surface area contributed by atoms with Gasteiger partial charge in [-0.05, 0) is 37.0 Å². The second kappa shape index (κ2) is 9.27. The van der Waals surface area contributed by atoms with E-state index in [-0.39, 0.29) is 12.0 Å². The number of ether oxygens (including phenoxy) is 1. The number of amides is 1. The maximum absolute atomic E-state index is 12.0. The number of rotatable bonds is 6. The van der Waals surface area contributed by atoms with E-state index >= 15 is 0 Å². The van der Waals surface area contributed by atoms with Gasteiger partial charge in [-0.25, -0.2) is 0 Å². The Hall–Kier alpha value is -2.08. The van der Waals surface area contributed by atoms with Crippen LogP contribution in [0.2, 0.25) is 0 Å². The van der Waals surface area contributed by atoms with Gasteiger partial charge in [-0.1, -0.05) is 12.1 Å². The highest BCUT2D eigenvalue weighted by atomic mass is 16.5. The van der Waals surface area contributed by atoms with Crippen LogP contribution in [0.25, 0.3) is 0 Å². The first-order chi connectivity index (χ1) is 11.6. The Kier molecular flexibility index (Phi) is 7.06. The van der Waals surface area contributed by atoms with E-state index in [1.54, 1.807) is 26.0 Å². The summed E-state index contributed by atoms with van der Waals surface area (Å²) in [6.07, 6.45) is 3.36. The molecule has 132 valence electrons. The van der Waals surface area contributed by atoms with Crippen LogP contribution in [0.4, 0.5) is 0 Å². The maximum Gasteiger partial charge on any atom is 0.253 e. The Bertz CT molecular complexity index is 566. The summed E-state index contributed by atoms with van der Waals surface area (Å²) in [5.41, 5.74) is 1.85. The molecule has 2 N–H and O–H groups in total. The topological polar surface area (TPSA) is 66.0 Å². The largest absolute Gasteiger partial charge is 0.376 e. The van der Waals surface area contributed by atoms with E-state index in [2.05, 4.69) is 15.6 Å². The minimum absolute atomic E-state index is 0.0267.